The van der Waals surface area contributed by atoms with Crippen molar-refractivity contribution in [2.45, 2.75) is 24.8 Å². The van der Waals surface area contributed by atoms with E-state index in [4.69, 9.17) is 9.84 Å². The number of aliphatic hydroxyl groups excluding tert-OH is 1. The van der Waals surface area contributed by atoms with Crippen molar-refractivity contribution < 1.29 is 14.6 Å². The summed E-state index contributed by atoms with van der Waals surface area (Å²) < 4.78 is 5.62. The van der Waals surface area contributed by atoms with E-state index < -0.39 is 0 Å². The predicted molar refractivity (Wildman–Crippen MR) is 105 cm³/mol. The van der Waals surface area contributed by atoms with Crippen LogP contribution in [0.2, 0.25) is 0 Å². The molecule has 1 fully saturated rings. The smallest absolute Gasteiger partial charge is 0.407 e. The SMILES string of the molecule is O=C(N[C@@H]1CCCN(CCO)C1)OCC1c2ccccc2-c2ccccc21. The number of β-amino-alcohol motifs (C(OH)–C–C–N with tert-alkyl or cyclic N) is 1. The minimum absolute atomic E-state index is 0.0837. The number of amides is 1. The predicted octanol–water partition coefficient (Wildman–Crippen LogP) is 2.98. The molecule has 1 aliphatic heterocycles. The number of aliphatic hydroxyl groups is 1. The summed E-state index contributed by atoms with van der Waals surface area (Å²) in [6.07, 6.45) is 1.62. The summed E-state index contributed by atoms with van der Waals surface area (Å²) in [6, 6.07) is 16.8. The maximum absolute atomic E-state index is 12.4. The van der Waals surface area contributed by atoms with Crippen LogP contribution in [0, 0.1) is 0 Å². The van der Waals surface area contributed by atoms with Crippen LogP contribution in [0.15, 0.2) is 48.5 Å². The van der Waals surface area contributed by atoms with Gasteiger partial charge in [-0.05, 0) is 41.6 Å². The van der Waals surface area contributed by atoms with Gasteiger partial charge in [-0.3, -0.25) is 4.90 Å². The molecule has 0 aromatic heterocycles. The van der Waals surface area contributed by atoms with Crippen LogP contribution < -0.4 is 5.32 Å². The van der Waals surface area contributed by atoms with Gasteiger partial charge in [-0.15, -0.1) is 0 Å². The van der Waals surface area contributed by atoms with E-state index in [1.54, 1.807) is 0 Å². The first-order valence-corrected chi connectivity index (χ1v) is 9.71. The van der Waals surface area contributed by atoms with Gasteiger partial charge in [0.05, 0.1) is 6.61 Å². The number of hydrogen-bond donors (Lipinski definition) is 2. The fraction of sp³-hybridized carbons (Fsp3) is 0.409. The molecule has 2 aliphatic rings. The lowest BCUT2D eigenvalue weighted by atomic mass is 9.98. The Morgan fingerprint density at radius 1 is 1.11 bits per heavy atom. The molecule has 2 aromatic rings. The molecule has 1 heterocycles. The zero-order valence-electron chi connectivity index (χ0n) is 15.4. The second kappa shape index (κ2) is 8.11. The summed E-state index contributed by atoms with van der Waals surface area (Å²) in [6.45, 7) is 2.89. The van der Waals surface area contributed by atoms with Crippen LogP contribution in [0.1, 0.15) is 29.9 Å². The third-order valence-corrected chi connectivity index (χ3v) is 5.59. The molecule has 4 rings (SSSR count). The van der Waals surface area contributed by atoms with Crippen molar-refractivity contribution in [1.29, 1.82) is 0 Å². The van der Waals surface area contributed by atoms with E-state index in [9.17, 15) is 4.79 Å². The Morgan fingerprint density at radius 2 is 1.78 bits per heavy atom. The molecule has 5 heteroatoms. The molecule has 0 spiro atoms. The molecule has 5 nitrogen and oxygen atoms in total. The van der Waals surface area contributed by atoms with Crippen molar-refractivity contribution in [3.8, 4) is 11.1 Å². The molecule has 2 aromatic carbocycles. The third-order valence-electron chi connectivity index (χ3n) is 5.59. The summed E-state index contributed by atoms with van der Waals surface area (Å²) in [4.78, 5) is 14.5. The van der Waals surface area contributed by atoms with Gasteiger partial charge in [0.1, 0.15) is 6.61 Å². The Labute approximate surface area is 160 Å². The lowest BCUT2D eigenvalue weighted by Crippen LogP contribution is -2.48. The molecule has 2 N–H and O–H groups in total. The van der Waals surface area contributed by atoms with E-state index in [1.807, 2.05) is 24.3 Å². The number of fused-ring (bicyclic) bond motifs is 3. The number of hydrogen-bond acceptors (Lipinski definition) is 4. The fourth-order valence-electron chi connectivity index (χ4n) is 4.32. The second-order valence-electron chi connectivity index (χ2n) is 7.33. The van der Waals surface area contributed by atoms with Gasteiger partial charge >= 0.3 is 6.09 Å². The normalized spacial score (nSPS) is 19.4. The minimum Gasteiger partial charge on any atom is -0.449 e. The first-order chi connectivity index (χ1) is 13.3. The molecule has 142 valence electrons. The highest BCUT2D eigenvalue weighted by atomic mass is 16.5. The van der Waals surface area contributed by atoms with Crippen LogP contribution >= 0.6 is 0 Å². The van der Waals surface area contributed by atoms with Crippen molar-refractivity contribution in [1.82, 2.24) is 10.2 Å². The molecule has 1 aliphatic carbocycles. The van der Waals surface area contributed by atoms with Gasteiger partial charge < -0.3 is 15.2 Å². The number of carbonyl (C=O) groups excluding carboxylic acids is 1. The molecule has 0 radical (unpaired) electrons. The lowest BCUT2D eigenvalue weighted by molar-refractivity contribution is 0.121. The van der Waals surface area contributed by atoms with Crippen LogP contribution in [0.4, 0.5) is 4.79 Å². The van der Waals surface area contributed by atoms with Crippen LogP contribution in [0.5, 0.6) is 0 Å². The standard InChI is InChI=1S/C22H26N2O3/c25-13-12-24-11-5-6-16(14-24)23-22(26)27-15-21-19-9-3-1-7-17(19)18-8-2-4-10-20(18)21/h1-4,7-10,16,21,25H,5-6,11-15H2,(H,23,26)/t16-/m1/s1. The highest BCUT2D eigenvalue weighted by Gasteiger charge is 2.29. The van der Waals surface area contributed by atoms with Crippen molar-refractivity contribution in [3.63, 3.8) is 0 Å². The number of rotatable bonds is 5. The molecular weight excluding hydrogens is 340 g/mol. The Kier molecular flexibility index (Phi) is 5.41. The van der Waals surface area contributed by atoms with Gasteiger partial charge in [0.2, 0.25) is 0 Å². The number of nitrogens with zero attached hydrogens (tertiary/aromatic N) is 1. The number of alkyl carbamates (subject to hydrolysis) is 1. The number of likely N-dealkylation sites (tertiary alicyclic amines) is 1. The summed E-state index contributed by atoms with van der Waals surface area (Å²) in [5.41, 5.74) is 4.90. The number of benzene rings is 2. The van der Waals surface area contributed by atoms with Crippen LogP contribution in [-0.4, -0.2) is 55.0 Å². The maximum atomic E-state index is 12.4. The van der Waals surface area contributed by atoms with Gasteiger partial charge in [-0.25, -0.2) is 4.79 Å². The Morgan fingerprint density at radius 3 is 2.44 bits per heavy atom. The molecular formula is C22H26N2O3. The Balaban J connectivity index is 1.38. The molecule has 1 amide bonds. The topological polar surface area (TPSA) is 61.8 Å². The fourth-order valence-corrected chi connectivity index (χ4v) is 4.32. The molecule has 27 heavy (non-hydrogen) atoms. The first-order valence-electron chi connectivity index (χ1n) is 9.71. The van der Waals surface area contributed by atoms with Crippen LogP contribution in [0.3, 0.4) is 0 Å². The van der Waals surface area contributed by atoms with Crippen LogP contribution in [-0.2, 0) is 4.74 Å². The van der Waals surface area contributed by atoms with Crippen molar-refractivity contribution >= 4 is 6.09 Å². The van der Waals surface area contributed by atoms with E-state index in [0.717, 1.165) is 25.9 Å². The lowest BCUT2D eigenvalue weighted by Gasteiger charge is -2.32. The van der Waals surface area contributed by atoms with E-state index in [0.29, 0.717) is 13.2 Å². The Bertz CT molecular complexity index is 760. The molecule has 0 saturated carbocycles. The van der Waals surface area contributed by atoms with Crippen molar-refractivity contribution in [2.24, 2.45) is 0 Å². The molecule has 1 saturated heterocycles. The van der Waals surface area contributed by atoms with E-state index in [2.05, 4.69) is 34.5 Å². The number of nitrogens with one attached hydrogen (secondary N) is 1. The summed E-state index contributed by atoms with van der Waals surface area (Å²) in [5.74, 6) is 0.0837. The highest BCUT2D eigenvalue weighted by Crippen LogP contribution is 2.44. The van der Waals surface area contributed by atoms with E-state index in [-0.39, 0.29) is 24.7 Å². The summed E-state index contributed by atoms with van der Waals surface area (Å²) in [7, 11) is 0. The van der Waals surface area contributed by atoms with Crippen molar-refractivity contribution in [2.75, 3.05) is 32.8 Å². The van der Waals surface area contributed by atoms with Gasteiger partial charge in [0.25, 0.3) is 0 Å². The zero-order chi connectivity index (χ0) is 18.6. The van der Waals surface area contributed by atoms with Gasteiger partial charge in [-0.1, -0.05) is 48.5 Å². The average Bonchev–Trinajstić information content (AvgIpc) is 3.01. The molecule has 0 bridgehead atoms. The quantitative estimate of drug-likeness (QED) is 0.854. The largest absolute Gasteiger partial charge is 0.449 e. The van der Waals surface area contributed by atoms with Crippen molar-refractivity contribution in [3.05, 3.63) is 59.7 Å². The van der Waals surface area contributed by atoms with E-state index in [1.165, 1.54) is 22.3 Å². The van der Waals surface area contributed by atoms with E-state index >= 15 is 0 Å². The number of carbonyl (C=O) groups is 1. The summed E-state index contributed by atoms with van der Waals surface area (Å²) >= 11 is 0. The second-order valence-corrected chi connectivity index (χ2v) is 7.33. The molecule has 0 unspecified atom stereocenters. The van der Waals surface area contributed by atoms with Crippen LogP contribution in [0.25, 0.3) is 11.1 Å². The first kappa shape index (κ1) is 18.0. The third kappa shape index (κ3) is 3.84. The highest BCUT2D eigenvalue weighted by molar-refractivity contribution is 5.79. The number of ether oxygens (including phenoxy) is 1. The summed E-state index contributed by atoms with van der Waals surface area (Å²) in [5, 5.41) is 12.1. The molecule has 1 atom stereocenters. The monoisotopic (exact) mass is 366 g/mol. The van der Waals surface area contributed by atoms with Gasteiger partial charge in [-0.2, -0.15) is 0 Å². The zero-order valence-corrected chi connectivity index (χ0v) is 15.4. The number of piperidine rings is 1. The van der Waals surface area contributed by atoms with Gasteiger partial charge in [0, 0.05) is 25.0 Å². The average molecular weight is 366 g/mol. The minimum atomic E-state index is -0.354. The maximum Gasteiger partial charge on any atom is 0.407 e. The Hall–Kier alpha value is -2.37. The van der Waals surface area contributed by atoms with Gasteiger partial charge in [0.15, 0.2) is 0 Å².